The second-order valence-corrected chi connectivity index (χ2v) is 6.65. The summed E-state index contributed by atoms with van der Waals surface area (Å²) in [6, 6.07) is 14.9. The predicted octanol–water partition coefficient (Wildman–Crippen LogP) is 3.02. The second kappa shape index (κ2) is 7.67. The van der Waals surface area contributed by atoms with Crippen LogP contribution in [-0.4, -0.2) is 40.7 Å². The molecule has 0 radical (unpaired) electrons. The van der Waals surface area contributed by atoms with Crippen LogP contribution in [0.3, 0.4) is 0 Å². The number of halogens is 1. The summed E-state index contributed by atoms with van der Waals surface area (Å²) in [5.41, 5.74) is 0.617. The van der Waals surface area contributed by atoms with Gasteiger partial charge in [0.05, 0.1) is 12.6 Å². The van der Waals surface area contributed by atoms with Gasteiger partial charge in [0.25, 0.3) is 0 Å². The van der Waals surface area contributed by atoms with Crippen LogP contribution in [0.1, 0.15) is 6.42 Å². The van der Waals surface area contributed by atoms with E-state index in [-0.39, 0.29) is 18.9 Å². The molecule has 1 aliphatic heterocycles. The van der Waals surface area contributed by atoms with Crippen molar-refractivity contribution < 1.29 is 19.4 Å². The molecule has 0 saturated carbocycles. The summed E-state index contributed by atoms with van der Waals surface area (Å²) in [6.45, 7) is 0.0596. The summed E-state index contributed by atoms with van der Waals surface area (Å²) in [6.07, 6.45) is -1.24. The average molecular weight is 405 g/mol. The highest BCUT2D eigenvalue weighted by molar-refractivity contribution is 9.10. The third-order valence-electron chi connectivity index (χ3n) is 3.88. The minimum atomic E-state index is -0.783. The van der Waals surface area contributed by atoms with E-state index in [0.717, 1.165) is 4.47 Å². The van der Waals surface area contributed by atoms with E-state index in [1.165, 1.54) is 4.90 Å². The molecule has 1 aliphatic rings. The lowest BCUT2D eigenvalue weighted by atomic mass is 10.2. The fourth-order valence-corrected chi connectivity index (χ4v) is 2.94. The Morgan fingerprint density at radius 3 is 2.48 bits per heavy atom. The standard InChI is InChI=1S/C18H17BrN2O4/c19-12-6-8-13(9-7-12)20-17(23)16-10-14(22)11-21(16)18(24)25-15-4-2-1-3-5-15/h1-9,14,16,22H,10-11H2,(H,20,23)/t14-,16-/m0/s1. The molecule has 2 amide bonds. The van der Waals surface area contributed by atoms with Gasteiger partial charge in [-0.1, -0.05) is 34.1 Å². The molecule has 2 N–H and O–H groups in total. The summed E-state index contributed by atoms with van der Waals surface area (Å²) >= 11 is 3.33. The van der Waals surface area contributed by atoms with E-state index in [2.05, 4.69) is 21.2 Å². The highest BCUT2D eigenvalue weighted by atomic mass is 79.9. The molecule has 0 bridgehead atoms. The molecule has 1 fully saturated rings. The maximum absolute atomic E-state index is 12.5. The van der Waals surface area contributed by atoms with E-state index in [4.69, 9.17) is 4.74 Å². The molecule has 1 saturated heterocycles. The predicted molar refractivity (Wildman–Crippen MR) is 96.4 cm³/mol. The quantitative estimate of drug-likeness (QED) is 0.823. The van der Waals surface area contributed by atoms with E-state index in [9.17, 15) is 14.7 Å². The van der Waals surface area contributed by atoms with E-state index in [0.29, 0.717) is 11.4 Å². The van der Waals surface area contributed by atoms with Crippen LogP contribution in [-0.2, 0) is 4.79 Å². The fourth-order valence-electron chi connectivity index (χ4n) is 2.67. The van der Waals surface area contributed by atoms with Crippen LogP contribution in [0, 0.1) is 0 Å². The number of hydrogen-bond acceptors (Lipinski definition) is 4. The number of hydrogen-bond donors (Lipinski definition) is 2. The van der Waals surface area contributed by atoms with Gasteiger partial charge >= 0.3 is 6.09 Å². The molecule has 0 aliphatic carbocycles. The Morgan fingerprint density at radius 2 is 1.80 bits per heavy atom. The molecular weight excluding hydrogens is 388 g/mol. The number of carbonyl (C=O) groups excluding carboxylic acids is 2. The van der Waals surface area contributed by atoms with Gasteiger partial charge in [-0.15, -0.1) is 0 Å². The summed E-state index contributed by atoms with van der Waals surface area (Å²) in [4.78, 5) is 26.2. The molecule has 25 heavy (non-hydrogen) atoms. The topological polar surface area (TPSA) is 78.9 Å². The molecule has 0 spiro atoms. The molecule has 1 heterocycles. The lowest BCUT2D eigenvalue weighted by Crippen LogP contribution is -2.44. The Kier molecular flexibility index (Phi) is 5.35. The zero-order valence-electron chi connectivity index (χ0n) is 13.3. The molecule has 0 aromatic heterocycles. The number of benzene rings is 2. The number of amides is 2. The number of para-hydroxylation sites is 1. The number of anilines is 1. The van der Waals surface area contributed by atoms with Crippen molar-refractivity contribution in [3.63, 3.8) is 0 Å². The zero-order chi connectivity index (χ0) is 17.8. The summed E-state index contributed by atoms with van der Waals surface area (Å²) in [7, 11) is 0. The Balaban J connectivity index is 1.69. The van der Waals surface area contributed by atoms with Gasteiger partial charge in [0.1, 0.15) is 11.8 Å². The molecule has 2 atom stereocenters. The molecule has 130 valence electrons. The van der Waals surface area contributed by atoms with Crippen LogP contribution in [0.4, 0.5) is 10.5 Å². The van der Waals surface area contributed by atoms with Gasteiger partial charge in [-0.05, 0) is 36.4 Å². The molecular formula is C18H17BrN2O4. The highest BCUT2D eigenvalue weighted by Gasteiger charge is 2.40. The van der Waals surface area contributed by atoms with E-state index in [1.54, 1.807) is 48.5 Å². The van der Waals surface area contributed by atoms with E-state index < -0.39 is 18.2 Å². The largest absolute Gasteiger partial charge is 0.416 e. The summed E-state index contributed by atoms with van der Waals surface area (Å²) in [5, 5.41) is 12.7. The Morgan fingerprint density at radius 1 is 1.12 bits per heavy atom. The van der Waals surface area contributed by atoms with Crippen molar-refractivity contribution in [3.8, 4) is 5.75 Å². The van der Waals surface area contributed by atoms with Crippen molar-refractivity contribution in [3.05, 3.63) is 59.1 Å². The summed E-state index contributed by atoms with van der Waals surface area (Å²) in [5.74, 6) is 0.0323. The lowest BCUT2D eigenvalue weighted by molar-refractivity contribution is -0.119. The number of rotatable bonds is 3. The molecule has 3 rings (SSSR count). The van der Waals surface area contributed by atoms with Gasteiger partial charge in [-0.25, -0.2) is 4.79 Å². The van der Waals surface area contributed by atoms with Crippen molar-refractivity contribution in [2.75, 3.05) is 11.9 Å². The number of carbonyl (C=O) groups is 2. The van der Waals surface area contributed by atoms with Crippen molar-refractivity contribution >= 4 is 33.6 Å². The number of ether oxygens (including phenoxy) is 1. The number of aliphatic hydroxyl groups is 1. The third-order valence-corrected chi connectivity index (χ3v) is 4.40. The van der Waals surface area contributed by atoms with Crippen LogP contribution in [0.25, 0.3) is 0 Å². The van der Waals surface area contributed by atoms with Gasteiger partial charge in [-0.3, -0.25) is 9.69 Å². The van der Waals surface area contributed by atoms with Crippen molar-refractivity contribution in [1.82, 2.24) is 4.90 Å². The average Bonchev–Trinajstić information content (AvgIpc) is 3.00. The normalized spacial score (nSPS) is 19.5. The van der Waals surface area contributed by atoms with Gasteiger partial charge in [0.2, 0.25) is 5.91 Å². The molecule has 0 unspecified atom stereocenters. The Hall–Kier alpha value is -2.38. The Labute approximate surface area is 153 Å². The first-order valence-corrected chi connectivity index (χ1v) is 8.60. The first-order valence-electron chi connectivity index (χ1n) is 7.81. The first kappa shape index (κ1) is 17.4. The smallest absolute Gasteiger partial charge is 0.410 e. The van der Waals surface area contributed by atoms with Crippen LogP contribution >= 0.6 is 15.9 Å². The number of nitrogens with one attached hydrogen (secondary N) is 1. The fraction of sp³-hybridized carbons (Fsp3) is 0.222. The maximum atomic E-state index is 12.5. The molecule has 7 heteroatoms. The van der Waals surface area contributed by atoms with Crippen LogP contribution in [0.5, 0.6) is 5.75 Å². The third kappa shape index (κ3) is 4.37. The van der Waals surface area contributed by atoms with Gasteiger partial charge in [-0.2, -0.15) is 0 Å². The monoisotopic (exact) mass is 404 g/mol. The summed E-state index contributed by atoms with van der Waals surface area (Å²) < 4.78 is 6.18. The van der Waals surface area contributed by atoms with Crippen LogP contribution in [0.2, 0.25) is 0 Å². The molecule has 6 nitrogen and oxygen atoms in total. The lowest BCUT2D eigenvalue weighted by Gasteiger charge is -2.22. The van der Waals surface area contributed by atoms with Crippen molar-refractivity contribution in [1.29, 1.82) is 0 Å². The highest BCUT2D eigenvalue weighted by Crippen LogP contribution is 2.22. The van der Waals surface area contributed by atoms with Crippen molar-refractivity contribution in [2.45, 2.75) is 18.6 Å². The molecule has 2 aromatic carbocycles. The zero-order valence-corrected chi connectivity index (χ0v) is 14.8. The van der Waals surface area contributed by atoms with Crippen LogP contribution in [0.15, 0.2) is 59.1 Å². The SMILES string of the molecule is O=C(Nc1ccc(Br)cc1)[C@@H]1C[C@H](O)CN1C(=O)Oc1ccccc1. The first-order chi connectivity index (χ1) is 12.0. The minimum absolute atomic E-state index is 0.0596. The van der Waals surface area contributed by atoms with Crippen molar-refractivity contribution in [2.24, 2.45) is 0 Å². The Bertz CT molecular complexity index is 751. The number of likely N-dealkylation sites (tertiary alicyclic amines) is 1. The minimum Gasteiger partial charge on any atom is -0.410 e. The van der Waals surface area contributed by atoms with Gasteiger partial charge in [0, 0.05) is 16.6 Å². The van der Waals surface area contributed by atoms with Gasteiger partial charge < -0.3 is 15.2 Å². The molecule has 2 aromatic rings. The van der Waals surface area contributed by atoms with E-state index >= 15 is 0 Å². The number of β-amino-alcohol motifs (C(OH)–C–C–N with tert-alkyl or cyclic N) is 1. The van der Waals surface area contributed by atoms with Gasteiger partial charge in [0.15, 0.2) is 0 Å². The maximum Gasteiger partial charge on any atom is 0.416 e. The number of aliphatic hydroxyl groups excluding tert-OH is 1. The van der Waals surface area contributed by atoms with Crippen LogP contribution < -0.4 is 10.1 Å². The van der Waals surface area contributed by atoms with E-state index in [1.807, 2.05) is 6.07 Å². The number of nitrogens with zero attached hydrogens (tertiary/aromatic N) is 1. The second-order valence-electron chi connectivity index (χ2n) is 5.73.